The third-order valence-electron chi connectivity index (χ3n) is 3.86. The van der Waals surface area contributed by atoms with Crippen molar-refractivity contribution < 1.29 is 14.3 Å². The molecule has 0 unspecified atom stereocenters. The first-order chi connectivity index (χ1) is 11.1. The van der Waals surface area contributed by atoms with Crippen LogP contribution in [0.4, 0.5) is 5.69 Å². The van der Waals surface area contributed by atoms with E-state index in [0.717, 1.165) is 5.56 Å². The van der Waals surface area contributed by atoms with Gasteiger partial charge in [0.2, 0.25) is 0 Å². The lowest BCUT2D eigenvalue weighted by Gasteiger charge is -2.34. The summed E-state index contributed by atoms with van der Waals surface area (Å²) in [4.78, 5) is 26.4. The maximum Gasteiger partial charge on any atom is 0.262 e. The lowest BCUT2D eigenvalue weighted by atomic mass is 10.1. The van der Waals surface area contributed by atoms with E-state index in [9.17, 15) is 9.59 Å². The van der Waals surface area contributed by atoms with E-state index in [1.807, 2.05) is 37.3 Å². The number of benzene rings is 2. The summed E-state index contributed by atoms with van der Waals surface area (Å²) >= 11 is 0. The van der Waals surface area contributed by atoms with Crippen LogP contribution >= 0.6 is 0 Å². The van der Waals surface area contributed by atoms with Crippen LogP contribution in [0.15, 0.2) is 48.5 Å². The lowest BCUT2D eigenvalue weighted by Crippen LogP contribution is -2.50. The first-order valence-corrected chi connectivity index (χ1v) is 7.46. The molecule has 1 aliphatic heterocycles. The highest BCUT2D eigenvalue weighted by atomic mass is 16.5. The Labute approximate surface area is 134 Å². The molecule has 2 aromatic carbocycles. The number of aryl methyl sites for hydroxylation is 1. The highest BCUT2D eigenvalue weighted by molar-refractivity contribution is 6.07. The molecule has 2 amide bonds. The second kappa shape index (κ2) is 6.12. The van der Waals surface area contributed by atoms with E-state index in [0.29, 0.717) is 17.0 Å². The number of fused-ring (bicyclic) bond motifs is 1. The van der Waals surface area contributed by atoms with Crippen molar-refractivity contribution in [3.05, 3.63) is 59.7 Å². The Kier molecular flexibility index (Phi) is 4.02. The minimum Gasteiger partial charge on any atom is -0.477 e. The summed E-state index contributed by atoms with van der Waals surface area (Å²) in [6.45, 7) is 2.16. The molecule has 3 rings (SSSR count). The molecule has 0 saturated heterocycles. The van der Waals surface area contributed by atoms with Gasteiger partial charge in [0.05, 0.1) is 12.2 Å². The predicted octanol–water partition coefficient (Wildman–Crippen LogP) is 2.15. The Hall–Kier alpha value is -2.82. The molecule has 0 fully saturated rings. The zero-order valence-corrected chi connectivity index (χ0v) is 13.1. The number of hydrogen-bond acceptors (Lipinski definition) is 3. The van der Waals surface area contributed by atoms with Crippen molar-refractivity contribution in [3.8, 4) is 5.75 Å². The molecule has 0 bridgehead atoms. The number of para-hydroxylation sites is 2. The topological polar surface area (TPSA) is 58.6 Å². The van der Waals surface area contributed by atoms with Gasteiger partial charge < -0.3 is 15.0 Å². The number of anilines is 1. The van der Waals surface area contributed by atoms with Crippen LogP contribution in [0.5, 0.6) is 5.75 Å². The Morgan fingerprint density at radius 3 is 2.52 bits per heavy atom. The van der Waals surface area contributed by atoms with Gasteiger partial charge in [-0.1, -0.05) is 29.8 Å². The Morgan fingerprint density at radius 2 is 1.83 bits per heavy atom. The fourth-order valence-electron chi connectivity index (χ4n) is 2.58. The third-order valence-corrected chi connectivity index (χ3v) is 3.86. The molecule has 1 N–H and O–H groups in total. The highest BCUT2D eigenvalue weighted by Gasteiger charge is 2.33. The van der Waals surface area contributed by atoms with Crippen LogP contribution in [-0.2, 0) is 4.79 Å². The Bertz CT molecular complexity index is 740. The van der Waals surface area contributed by atoms with E-state index >= 15 is 0 Å². The van der Waals surface area contributed by atoms with E-state index < -0.39 is 6.10 Å². The van der Waals surface area contributed by atoms with Gasteiger partial charge in [-0.2, -0.15) is 0 Å². The van der Waals surface area contributed by atoms with Crippen molar-refractivity contribution in [1.29, 1.82) is 0 Å². The van der Waals surface area contributed by atoms with Gasteiger partial charge in [-0.25, -0.2) is 0 Å². The van der Waals surface area contributed by atoms with Gasteiger partial charge in [0, 0.05) is 12.6 Å². The summed E-state index contributed by atoms with van der Waals surface area (Å²) in [5.41, 5.74) is 2.35. The molecule has 5 nitrogen and oxygen atoms in total. The average molecular weight is 310 g/mol. The number of ether oxygens (including phenoxy) is 1. The quantitative estimate of drug-likeness (QED) is 0.924. The third kappa shape index (κ3) is 2.90. The molecular formula is C18H18N2O3. The molecule has 1 heterocycles. The zero-order chi connectivity index (χ0) is 16.4. The predicted molar refractivity (Wildman–Crippen MR) is 87.8 cm³/mol. The second-order valence-electron chi connectivity index (χ2n) is 5.47. The van der Waals surface area contributed by atoms with Crippen LogP contribution in [0.1, 0.15) is 15.9 Å². The number of hydrogen-bond donors (Lipinski definition) is 1. The van der Waals surface area contributed by atoms with Crippen LogP contribution < -0.4 is 15.0 Å². The van der Waals surface area contributed by atoms with Gasteiger partial charge in [-0.3, -0.25) is 9.59 Å². The molecule has 0 saturated carbocycles. The Balaban J connectivity index is 1.97. The normalized spacial score (nSPS) is 16.3. The van der Waals surface area contributed by atoms with Crippen LogP contribution in [-0.4, -0.2) is 31.5 Å². The van der Waals surface area contributed by atoms with Crippen LogP contribution in [0.3, 0.4) is 0 Å². The molecule has 23 heavy (non-hydrogen) atoms. The van der Waals surface area contributed by atoms with E-state index in [1.165, 1.54) is 0 Å². The number of carbonyl (C=O) groups excluding carboxylic acids is 2. The van der Waals surface area contributed by atoms with E-state index in [4.69, 9.17) is 4.74 Å². The van der Waals surface area contributed by atoms with Crippen LogP contribution in [0.25, 0.3) is 0 Å². The SMILES string of the molecule is CNC(=O)[C@H]1CN(C(=O)c2ccc(C)cc2)c2ccccc2O1. The Morgan fingerprint density at radius 1 is 1.13 bits per heavy atom. The van der Waals surface area contributed by atoms with Crippen molar-refractivity contribution in [1.82, 2.24) is 5.32 Å². The highest BCUT2D eigenvalue weighted by Crippen LogP contribution is 2.34. The zero-order valence-electron chi connectivity index (χ0n) is 13.1. The molecule has 1 aliphatic rings. The monoisotopic (exact) mass is 310 g/mol. The molecule has 2 aromatic rings. The first kappa shape index (κ1) is 15.1. The molecule has 0 aromatic heterocycles. The largest absolute Gasteiger partial charge is 0.477 e. The number of likely N-dealkylation sites (N-methyl/N-ethyl adjacent to an activating group) is 1. The van der Waals surface area contributed by atoms with Gasteiger partial charge in [-0.05, 0) is 31.2 Å². The fraction of sp³-hybridized carbons (Fsp3) is 0.222. The van der Waals surface area contributed by atoms with Gasteiger partial charge in [0.25, 0.3) is 11.8 Å². The summed E-state index contributed by atoms with van der Waals surface area (Å²) in [6.07, 6.45) is -0.718. The smallest absolute Gasteiger partial charge is 0.262 e. The van der Waals surface area contributed by atoms with E-state index in [-0.39, 0.29) is 18.4 Å². The van der Waals surface area contributed by atoms with Crippen molar-refractivity contribution in [2.75, 3.05) is 18.5 Å². The summed E-state index contributed by atoms with van der Waals surface area (Å²) in [7, 11) is 1.55. The van der Waals surface area contributed by atoms with Crippen molar-refractivity contribution in [3.63, 3.8) is 0 Å². The maximum atomic E-state index is 12.9. The molecule has 0 spiro atoms. The molecule has 0 radical (unpaired) electrons. The lowest BCUT2D eigenvalue weighted by molar-refractivity contribution is -0.127. The number of nitrogens with zero attached hydrogens (tertiary/aromatic N) is 1. The van der Waals surface area contributed by atoms with Gasteiger partial charge >= 0.3 is 0 Å². The average Bonchev–Trinajstić information content (AvgIpc) is 2.60. The van der Waals surface area contributed by atoms with E-state index in [1.54, 1.807) is 30.1 Å². The number of nitrogens with one attached hydrogen (secondary N) is 1. The number of carbonyl (C=O) groups is 2. The summed E-state index contributed by atoms with van der Waals surface area (Å²) in [5.74, 6) is 0.142. The first-order valence-electron chi connectivity index (χ1n) is 7.46. The molecule has 5 heteroatoms. The van der Waals surface area contributed by atoms with Crippen molar-refractivity contribution in [2.24, 2.45) is 0 Å². The number of rotatable bonds is 2. The van der Waals surface area contributed by atoms with Gasteiger partial charge in [0.15, 0.2) is 6.10 Å². The maximum absolute atomic E-state index is 12.9. The van der Waals surface area contributed by atoms with Crippen molar-refractivity contribution in [2.45, 2.75) is 13.0 Å². The standard InChI is InChI=1S/C18H18N2O3/c1-12-7-9-13(10-8-12)18(22)20-11-16(17(21)19-2)23-15-6-4-3-5-14(15)20/h3-10,16H,11H2,1-2H3,(H,19,21)/t16-/m1/s1. The molecule has 1 atom stereocenters. The fourth-order valence-corrected chi connectivity index (χ4v) is 2.58. The molecule has 118 valence electrons. The van der Waals surface area contributed by atoms with Crippen LogP contribution in [0.2, 0.25) is 0 Å². The minimum absolute atomic E-state index is 0.144. The molecular weight excluding hydrogens is 292 g/mol. The second-order valence-corrected chi connectivity index (χ2v) is 5.47. The minimum atomic E-state index is -0.718. The summed E-state index contributed by atoms with van der Waals surface area (Å²) in [5, 5.41) is 2.57. The van der Waals surface area contributed by atoms with Crippen molar-refractivity contribution >= 4 is 17.5 Å². The summed E-state index contributed by atoms with van der Waals surface area (Å²) < 4.78 is 5.71. The molecule has 0 aliphatic carbocycles. The van der Waals surface area contributed by atoms with Gasteiger partial charge in [0.1, 0.15) is 5.75 Å². The summed E-state index contributed by atoms with van der Waals surface area (Å²) in [6, 6.07) is 14.6. The van der Waals surface area contributed by atoms with Gasteiger partial charge in [-0.15, -0.1) is 0 Å². The van der Waals surface area contributed by atoms with Crippen LogP contribution in [0, 0.1) is 6.92 Å². The van der Waals surface area contributed by atoms with E-state index in [2.05, 4.69) is 5.32 Å². The number of amides is 2.